The number of ether oxygens (including phenoxy) is 1. The molecule has 1 aromatic carbocycles. The molecule has 0 aliphatic heterocycles. The van der Waals surface area contributed by atoms with Crippen molar-refractivity contribution in [3.05, 3.63) is 43.8 Å². The molecule has 126 valence electrons. The molecule has 2 aromatic rings. The van der Waals surface area contributed by atoms with Crippen LogP contribution in [0.25, 0.3) is 0 Å². The van der Waals surface area contributed by atoms with Gasteiger partial charge in [-0.1, -0.05) is 0 Å². The molecule has 3 rings (SSSR count). The Morgan fingerprint density at radius 1 is 1.21 bits per heavy atom. The first kappa shape index (κ1) is 17.6. The summed E-state index contributed by atoms with van der Waals surface area (Å²) in [6, 6.07) is 7.96. The summed E-state index contributed by atoms with van der Waals surface area (Å²) in [6.45, 7) is 0. The molecule has 1 aromatic heterocycles. The number of rotatable bonds is 3. The van der Waals surface area contributed by atoms with Crippen LogP contribution in [0.5, 0.6) is 0 Å². The maximum absolute atomic E-state index is 12.2. The Balaban J connectivity index is 1.81. The Hall–Kier alpha value is -1.19. The van der Waals surface area contributed by atoms with Crippen LogP contribution in [0.1, 0.15) is 33.6 Å². The highest BCUT2D eigenvalue weighted by molar-refractivity contribution is 14.1. The van der Waals surface area contributed by atoms with Crippen LogP contribution in [0.3, 0.4) is 0 Å². The highest BCUT2D eigenvalue weighted by Crippen LogP contribution is 2.38. The van der Waals surface area contributed by atoms with Gasteiger partial charge in [-0.15, -0.1) is 11.3 Å². The predicted molar refractivity (Wildman–Crippen MR) is 111 cm³/mol. The Morgan fingerprint density at radius 2 is 1.92 bits per heavy atom. The molecule has 0 radical (unpaired) electrons. The number of methoxy groups -OCH3 is 1. The molecular formula is C17H17IN2O2S2. The standard InChI is InChI=1S/C17H17IN2O2S2/c1-22-16(21)14-12-4-2-3-5-13(12)24-15(14)20-17(23)19-11-8-6-10(18)7-9-11/h6-9H,2-5H2,1H3,(H2,19,20,23). The number of benzene rings is 1. The topological polar surface area (TPSA) is 50.4 Å². The minimum Gasteiger partial charge on any atom is -0.465 e. The number of carbonyl (C=O) groups is 1. The minimum absolute atomic E-state index is 0.297. The van der Waals surface area contributed by atoms with Gasteiger partial charge in [0.1, 0.15) is 5.00 Å². The lowest BCUT2D eigenvalue weighted by atomic mass is 9.95. The van der Waals surface area contributed by atoms with Crippen LogP contribution in [0.15, 0.2) is 24.3 Å². The lowest BCUT2D eigenvalue weighted by Gasteiger charge is -2.12. The maximum atomic E-state index is 12.2. The molecule has 24 heavy (non-hydrogen) atoms. The van der Waals surface area contributed by atoms with Gasteiger partial charge in [-0.3, -0.25) is 0 Å². The van der Waals surface area contributed by atoms with Gasteiger partial charge in [-0.2, -0.15) is 0 Å². The van der Waals surface area contributed by atoms with Crippen molar-refractivity contribution in [3.8, 4) is 0 Å². The fraction of sp³-hybridized carbons (Fsp3) is 0.294. The van der Waals surface area contributed by atoms with E-state index in [0.29, 0.717) is 10.7 Å². The molecule has 1 aliphatic carbocycles. The monoisotopic (exact) mass is 472 g/mol. The van der Waals surface area contributed by atoms with Crippen molar-refractivity contribution in [1.82, 2.24) is 0 Å². The predicted octanol–water partition coefficient (Wildman–Crippen LogP) is 4.83. The number of thiophene rings is 1. The third-order valence-corrected chi connectivity index (χ3v) is 6.02. The van der Waals surface area contributed by atoms with Crippen molar-refractivity contribution in [1.29, 1.82) is 0 Å². The molecule has 1 aliphatic rings. The summed E-state index contributed by atoms with van der Waals surface area (Å²) < 4.78 is 6.14. The fourth-order valence-corrected chi connectivity index (χ4v) is 4.70. The van der Waals surface area contributed by atoms with Crippen molar-refractivity contribution < 1.29 is 9.53 Å². The van der Waals surface area contributed by atoms with E-state index in [1.165, 1.54) is 18.4 Å². The minimum atomic E-state index is -0.297. The van der Waals surface area contributed by atoms with E-state index in [1.807, 2.05) is 24.3 Å². The van der Waals surface area contributed by atoms with Gasteiger partial charge in [0.15, 0.2) is 5.11 Å². The number of aryl methyl sites for hydroxylation is 1. The van der Waals surface area contributed by atoms with E-state index in [9.17, 15) is 4.79 Å². The fourth-order valence-electron chi connectivity index (χ4n) is 2.77. The Bertz CT molecular complexity index is 772. The van der Waals surface area contributed by atoms with Gasteiger partial charge in [0.2, 0.25) is 0 Å². The largest absolute Gasteiger partial charge is 0.465 e. The second-order valence-corrected chi connectivity index (χ2v) is 8.25. The van der Waals surface area contributed by atoms with Gasteiger partial charge >= 0.3 is 5.97 Å². The van der Waals surface area contributed by atoms with Gasteiger partial charge in [-0.25, -0.2) is 4.79 Å². The van der Waals surface area contributed by atoms with Crippen LogP contribution in [-0.2, 0) is 17.6 Å². The SMILES string of the molecule is COC(=O)c1c(NC(=S)Nc2ccc(I)cc2)sc2c1CCCC2. The molecule has 0 amide bonds. The van der Waals surface area contributed by atoms with Crippen LogP contribution in [0.2, 0.25) is 0 Å². The van der Waals surface area contributed by atoms with Crippen molar-refractivity contribution >= 4 is 67.9 Å². The normalized spacial score (nSPS) is 13.1. The van der Waals surface area contributed by atoms with Crippen LogP contribution in [0.4, 0.5) is 10.7 Å². The molecule has 0 unspecified atom stereocenters. The molecule has 0 spiro atoms. The van der Waals surface area contributed by atoms with Gasteiger partial charge < -0.3 is 15.4 Å². The lowest BCUT2D eigenvalue weighted by molar-refractivity contribution is 0.0601. The van der Waals surface area contributed by atoms with E-state index >= 15 is 0 Å². The van der Waals surface area contributed by atoms with Crippen molar-refractivity contribution in [2.75, 3.05) is 17.7 Å². The van der Waals surface area contributed by atoms with Crippen LogP contribution >= 0.6 is 46.1 Å². The average molecular weight is 472 g/mol. The highest BCUT2D eigenvalue weighted by atomic mass is 127. The summed E-state index contributed by atoms with van der Waals surface area (Å²) in [5.41, 5.74) is 2.68. The van der Waals surface area contributed by atoms with Crippen molar-refractivity contribution in [2.24, 2.45) is 0 Å². The first-order valence-corrected chi connectivity index (χ1v) is 9.95. The van der Waals surface area contributed by atoms with E-state index in [2.05, 4.69) is 33.2 Å². The Labute approximate surface area is 164 Å². The molecule has 7 heteroatoms. The second kappa shape index (κ2) is 7.79. The van der Waals surface area contributed by atoms with E-state index in [-0.39, 0.29) is 5.97 Å². The molecule has 0 fully saturated rings. The van der Waals surface area contributed by atoms with E-state index in [0.717, 1.165) is 39.1 Å². The Kier molecular flexibility index (Phi) is 5.72. The molecule has 0 saturated heterocycles. The van der Waals surface area contributed by atoms with E-state index < -0.39 is 0 Å². The van der Waals surface area contributed by atoms with E-state index in [4.69, 9.17) is 17.0 Å². The molecule has 1 heterocycles. The summed E-state index contributed by atoms with van der Waals surface area (Å²) in [4.78, 5) is 13.5. The summed E-state index contributed by atoms with van der Waals surface area (Å²) in [5.74, 6) is -0.297. The van der Waals surface area contributed by atoms with Gasteiger partial charge in [0, 0.05) is 14.1 Å². The number of esters is 1. The molecule has 4 nitrogen and oxygen atoms in total. The number of thiocarbonyl (C=S) groups is 1. The first-order valence-electron chi connectivity index (χ1n) is 7.65. The number of hydrogen-bond acceptors (Lipinski definition) is 4. The number of fused-ring (bicyclic) bond motifs is 1. The van der Waals surface area contributed by atoms with Crippen molar-refractivity contribution in [3.63, 3.8) is 0 Å². The summed E-state index contributed by atoms with van der Waals surface area (Å²) in [7, 11) is 1.42. The number of anilines is 2. The molecular weight excluding hydrogens is 455 g/mol. The smallest absolute Gasteiger partial charge is 0.341 e. The van der Waals surface area contributed by atoms with Crippen LogP contribution in [0, 0.1) is 3.57 Å². The molecule has 0 atom stereocenters. The van der Waals surface area contributed by atoms with Gasteiger partial charge in [-0.05, 0) is 90.3 Å². The third kappa shape index (κ3) is 3.89. The van der Waals surface area contributed by atoms with Gasteiger partial charge in [0.05, 0.1) is 12.7 Å². The van der Waals surface area contributed by atoms with Crippen LogP contribution in [-0.4, -0.2) is 18.2 Å². The summed E-state index contributed by atoms with van der Waals surface area (Å²) in [5, 5.41) is 7.58. The quantitative estimate of drug-likeness (QED) is 0.381. The summed E-state index contributed by atoms with van der Waals surface area (Å²) in [6.07, 6.45) is 4.22. The lowest BCUT2D eigenvalue weighted by Crippen LogP contribution is -2.20. The van der Waals surface area contributed by atoms with Gasteiger partial charge in [0.25, 0.3) is 0 Å². The average Bonchev–Trinajstić information content (AvgIpc) is 2.94. The highest BCUT2D eigenvalue weighted by Gasteiger charge is 2.26. The second-order valence-electron chi connectivity index (χ2n) is 5.49. The first-order chi connectivity index (χ1) is 11.6. The maximum Gasteiger partial charge on any atom is 0.341 e. The zero-order chi connectivity index (χ0) is 17.1. The zero-order valence-corrected chi connectivity index (χ0v) is 16.9. The molecule has 2 N–H and O–H groups in total. The molecule has 0 bridgehead atoms. The Morgan fingerprint density at radius 3 is 2.62 bits per heavy atom. The number of halogens is 1. The number of hydrogen-bond donors (Lipinski definition) is 2. The van der Waals surface area contributed by atoms with Crippen molar-refractivity contribution in [2.45, 2.75) is 25.7 Å². The van der Waals surface area contributed by atoms with E-state index in [1.54, 1.807) is 11.3 Å². The zero-order valence-electron chi connectivity index (χ0n) is 13.1. The van der Waals surface area contributed by atoms with Crippen LogP contribution < -0.4 is 10.6 Å². The summed E-state index contributed by atoms with van der Waals surface area (Å²) >= 11 is 9.27. The third-order valence-electron chi connectivity index (χ3n) is 3.89. The number of carbonyl (C=O) groups excluding carboxylic acids is 1. The molecule has 0 saturated carbocycles. The number of nitrogens with one attached hydrogen (secondary N) is 2.